The highest BCUT2D eigenvalue weighted by Crippen LogP contribution is 2.26. The largest absolute Gasteiger partial charge is 0.489 e. The van der Waals surface area contributed by atoms with Crippen molar-refractivity contribution in [3.05, 3.63) is 36.3 Å². The Morgan fingerprint density at radius 1 is 1.42 bits per heavy atom. The fraction of sp³-hybridized carbons (Fsp3) is 0.389. The van der Waals surface area contributed by atoms with E-state index in [1.165, 1.54) is 18.3 Å². The fourth-order valence-electron chi connectivity index (χ4n) is 2.69. The van der Waals surface area contributed by atoms with Gasteiger partial charge >= 0.3 is 6.09 Å². The minimum atomic E-state index is -1.27. The van der Waals surface area contributed by atoms with E-state index in [9.17, 15) is 9.18 Å². The Morgan fingerprint density at radius 3 is 2.77 bits per heavy atom. The molecule has 0 radical (unpaired) electrons. The number of carbonyl (C=O) groups is 1. The molecule has 0 bridgehead atoms. The lowest BCUT2D eigenvalue weighted by molar-refractivity contribution is 0.200. The third-order valence-corrected chi connectivity index (χ3v) is 3.53. The molecule has 4 N–H and O–H groups in total. The van der Waals surface area contributed by atoms with Crippen molar-refractivity contribution in [1.82, 2.24) is 9.97 Å². The molecule has 0 saturated carbocycles. The van der Waals surface area contributed by atoms with Gasteiger partial charge in [0.1, 0.15) is 6.61 Å². The summed E-state index contributed by atoms with van der Waals surface area (Å²) in [6, 6.07) is 5.98. The van der Waals surface area contributed by atoms with Crippen LogP contribution >= 0.6 is 0 Å². The maximum absolute atomic E-state index is 14.4. The summed E-state index contributed by atoms with van der Waals surface area (Å²) in [6.45, 7) is 6.20. The number of rotatable bonds is 7. The number of hydrogen-bond donors (Lipinski definition) is 3. The highest BCUT2D eigenvalue weighted by atomic mass is 19.1. The number of nitrogens with two attached hydrogens (primary N) is 1. The Morgan fingerprint density at radius 2 is 2.15 bits per heavy atom. The second-order valence-corrected chi connectivity index (χ2v) is 6.88. The smallest absolute Gasteiger partial charge is 0.411 e. The molecule has 2 aromatic rings. The molecule has 26 heavy (non-hydrogen) atoms. The molecule has 1 amide bonds. The van der Waals surface area contributed by atoms with Gasteiger partial charge in [-0.2, -0.15) is 0 Å². The van der Waals surface area contributed by atoms with Crippen molar-refractivity contribution in [2.24, 2.45) is 11.7 Å². The number of hydrogen-bond acceptors (Lipinski definition) is 5. The van der Waals surface area contributed by atoms with Crippen molar-refractivity contribution in [3.63, 3.8) is 0 Å². The third-order valence-electron chi connectivity index (χ3n) is 3.53. The predicted molar refractivity (Wildman–Crippen MR) is 96.6 cm³/mol. The first kappa shape index (κ1) is 19.6. The molecule has 0 aliphatic carbocycles. The molecule has 1 heterocycles. The van der Waals surface area contributed by atoms with Crippen molar-refractivity contribution in [2.45, 2.75) is 32.7 Å². The van der Waals surface area contributed by atoms with E-state index in [1.54, 1.807) is 12.1 Å². The molecule has 7 nitrogen and oxygen atoms in total. The van der Waals surface area contributed by atoms with E-state index in [4.69, 9.17) is 15.6 Å². The van der Waals surface area contributed by atoms with Gasteiger partial charge in [0.05, 0.1) is 5.69 Å². The van der Waals surface area contributed by atoms with E-state index in [1.807, 2.05) is 6.92 Å². The minimum Gasteiger partial charge on any atom is -0.489 e. The van der Waals surface area contributed by atoms with Crippen molar-refractivity contribution < 1.29 is 19.0 Å². The lowest BCUT2D eigenvalue weighted by Gasteiger charge is -2.26. The van der Waals surface area contributed by atoms with Gasteiger partial charge in [0.2, 0.25) is 5.95 Å². The van der Waals surface area contributed by atoms with Crippen LogP contribution in [0.25, 0.3) is 11.3 Å². The first-order valence-electron chi connectivity index (χ1n) is 8.21. The normalized spacial score (nSPS) is 13.3. The summed E-state index contributed by atoms with van der Waals surface area (Å²) in [6.07, 6.45) is 0.873. The quantitative estimate of drug-likeness (QED) is 0.695. The molecule has 1 aromatic carbocycles. The summed E-state index contributed by atoms with van der Waals surface area (Å²) in [5, 5.41) is 10.8. The molecule has 1 aromatic heterocycles. The van der Waals surface area contributed by atoms with E-state index >= 15 is 0 Å². The monoisotopic (exact) mass is 362 g/mol. The van der Waals surface area contributed by atoms with Crippen LogP contribution in [-0.2, 0) is 0 Å². The van der Waals surface area contributed by atoms with Gasteiger partial charge in [-0.05, 0) is 43.5 Å². The molecule has 0 aliphatic rings. The summed E-state index contributed by atoms with van der Waals surface area (Å²) in [5.74, 6) is -0.114. The minimum absolute atomic E-state index is 0.0803. The third kappa shape index (κ3) is 5.66. The van der Waals surface area contributed by atoms with Gasteiger partial charge in [0.25, 0.3) is 0 Å². The van der Waals surface area contributed by atoms with Crippen molar-refractivity contribution in [3.8, 4) is 17.0 Å². The van der Waals surface area contributed by atoms with E-state index in [0.717, 1.165) is 6.42 Å². The summed E-state index contributed by atoms with van der Waals surface area (Å²) in [5.41, 5.74) is 6.48. The van der Waals surface area contributed by atoms with Crippen molar-refractivity contribution in [2.75, 3.05) is 11.9 Å². The molecule has 0 saturated heterocycles. The topological polar surface area (TPSA) is 110 Å². The number of anilines is 1. The molecular formula is C18H23FN4O3. The van der Waals surface area contributed by atoms with Gasteiger partial charge in [-0.1, -0.05) is 13.8 Å². The highest BCUT2D eigenvalue weighted by molar-refractivity contribution is 5.80. The zero-order valence-corrected chi connectivity index (χ0v) is 15.0. The van der Waals surface area contributed by atoms with E-state index in [2.05, 4.69) is 29.1 Å². The van der Waals surface area contributed by atoms with Gasteiger partial charge < -0.3 is 15.6 Å². The number of halogens is 1. The molecule has 1 unspecified atom stereocenters. The number of ether oxygens (including phenoxy) is 1. The summed E-state index contributed by atoms with van der Waals surface area (Å²) < 4.78 is 19.9. The average molecular weight is 362 g/mol. The number of nitrogens with one attached hydrogen (secondary N) is 1. The SMILES string of the molecule is CC(C)CC(C)(N)COc1ccc(-c2ccnc(NC(=O)O)n2)cc1F. The van der Waals surface area contributed by atoms with Crippen molar-refractivity contribution >= 4 is 12.0 Å². The van der Waals surface area contributed by atoms with Crippen LogP contribution < -0.4 is 15.8 Å². The molecule has 0 spiro atoms. The molecule has 8 heteroatoms. The Labute approximate surface area is 151 Å². The van der Waals surface area contributed by atoms with Crippen LogP contribution in [0.4, 0.5) is 15.1 Å². The van der Waals surface area contributed by atoms with Crippen molar-refractivity contribution in [1.29, 1.82) is 0 Å². The Hall–Kier alpha value is -2.74. The number of nitrogens with zero attached hydrogens (tertiary/aromatic N) is 2. The van der Waals surface area contributed by atoms with Crippen LogP contribution in [0, 0.1) is 11.7 Å². The second kappa shape index (κ2) is 8.09. The molecule has 0 fully saturated rings. The number of carboxylic acid groups (broad SMARTS) is 1. The van der Waals surface area contributed by atoms with E-state index < -0.39 is 17.4 Å². The number of amides is 1. The maximum atomic E-state index is 14.4. The Bertz CT molecular complexity index is 781. The number of aromatic nitrogens is 2. The predicted octanol–water partition coefficient (Wildman–Crippen LogP) is 3.51. The zero-order chi connectivity index (χ0) is 19.3. The molecule has 0 aliphatic heterocycles. The fourth-order valence-corrected chi connectivity index (χ4v) is 2.69. The maximum Gasteiger partial charge on any atom is 0.411 e. The second-order valence-electron chi connectivity index (χ2n) is 6.88. The highest BCUT2D eigenvalue weighted by Gasteiger charge is 2.22. The lowest BCUT2D eigenvalue weighted by Crippen LogP contribution is -2.43. The van der Waals surface area contributed by atoms with Gasteiger partial charge in [0.15, 0.2) is 11.6 Å². The van der Waals surface area contributed by atoms with Gasteiger partial charge in [-0.3, -0.25) is 5.32 Å². The van der Waals surface area contributed by atoms with E-state index in [-0.39, 0.29) is 18.3 Å². The summed E-state index contributed by atoms with van der Waals surface area (Å²) >= 11 is 0. The van der Waals surface area contributed by atoms with Crippen LogP contribution in [0.3, 0.4) is 0 Å². The van der Waals surface area contributed by atoms with Crippen LogP contribution in [0.2, 0.25) is 0 Å². The number of benzene rings is 1. The Balaban J connectivity index is 2.13. The van der Waals surface area contributed by atoms with Crippen LogP contribution in [0.1, 0.15) is 27.2 Å². The average Bonchev–Trinajstić information content (AvgIpc) is 2.52. The zero-order valence-electron chi connectivity index (χ0n) is 15.0. The van der Waals surface area contributed by atoms with Crippen LogP contribution in [-0.4, -0.2) is 33.3 Å². The van der Waals surface area contributed by atoms with Crippen LogP contribution in [0.15, 0.2) is 30.5 Å². The molecule has 2 rings (SSSR count). The molecule has 140 valence electrons. The first-order chi connectivity index (χ1) is 12.2. The summed E-state index contributed by atoms with van der Waals surface area (Å²) in [4.78, 5) is 18.5. The van der Waals surface area contributed by atoms with Gasteiger partial charge in [0, 0.05) is 17.3 Å². The van der Waals surface area contributed by atoms with E-state index in [0.29, 0.717) is 17.2 Å². The summed E-state index contributed by atoms with van der Waals surface area (Å²) in [7, 11) is 0. The standard InChI is InChI=1S/C18H23FN4O3/c1-11(2)9-18(3,20)10-26-15-5-4-12(8-13(15)19)14-6-7-21-16(22-14)23-17(24)25/h4-8,11H,9-10,20H2,1-3H3,(H,24,25)(H,21,22,23). The van der Waals surface area contributed by atoms with Crippen LogP contribution in [0.5, 0.6) is 5.75 Å². The molecule has 1 atom stereocenters. The Kier molecular flexibility index (Phi) is 6.10. The first-order valence-corrected chi connectivity index (χ1v) is 8.21. The molecular weight excluding hydrogens is 339 g/mol. The van der Waals surface area contributed by atoms with Gasteiger partial charge in [-0.15, -0.1) is 0 Å². The lowest BCUT2D eigenvalue weighted by atomic mass is 9.93. The van der Waals surface area contributed by atoms with Gasteiger partial charge in [-0.25, -0.2) is 19.2 Å².